The van der Waals surface area contributed by atoms with Gasteiger partial charge in [-0.15, -0.1) is 0 Å². The number of benzene rings is 1. The lowest BCUT2D eigenvalue weighted by atomic mass is 9.57. The van der Waals surface area contributed by atoms with E-state index in [0.29, 0.717) is 31.3 Å². The van der Waals surface area contributed by atoms with E-state index < -0.39 is 0 Å². The number of guanidine groups is 1. The fourth-order valence-electron chi connectivity index (χ4n) is 4.24. The first kappa shape index (κ1) is 20.0. The van der Waals surface area contributed by atoms with Crippen molar-refractivity contribution in [1.82, 2.24) is 5.32 Å². The van der Waals surface area contributed by atoms with Crippen molar-refractivity contribution in [2.75, 3.05) is 38.8 Å². The lowest BCUT2D eigenvalue weighted by molar-refractivity contribution is -0.106. The second kappa shape index (κ2) is 8.93. The molecule has 1 heterocycles. The topological polar surface area (TPSA) is 64.1 Å². The number of hydrogen-bond donors (Lipinski definition) is 2. The highest BCUT2D eigenvalue weighted by Crippen LogP contribution is 2.52. The highest BCUT2D eigenvalue weighted by atomic mass is 16.5. The average Bonchev–Trinajstić information content (AvgIpc) is 3.11. The number of rotatable bonds is 8. The maximum Gasteiger partial charge on any atom is 0.196 e. The molecule has 0 radical (unpaired) electrons. The first-order valence-corrected chi connectivity index (χ1v) is 9.97. The van der Waals surface area contributed by atoms with E-state index in [2.05, 4.69) is 29.5 Å². The molecule has 2 aliphatic rings. The van der Waals surface area contributed by atoms with Crippen LogP contribution in [-0.2, 0) is 9.47 Å². The van der Waals surface area contributed by atoms with Crippen LogP contribution in [0.15, 0.2) is 29.3 Å². The summed E-state index contributed by atoms with van der Waals surface area (Å²) in [5.74, 6) is 2.23. The summed E-state index contributed by atoms with van der Waals surface area (Å²) >= 11 is 0. The maximum absolute atomic E-state index is 5.90. The molecule has 1 aromatic carbocycles. The molecule has 27 heavy (non-hydrogen) atoms. The van der Waals surface area contributed by atoms with E-state index in [1.165, 1.54) is 0 Å². The van der Waals surface area contributed by atoms with Crippen LogP contribution >= 0.6 is 0 Å². The minimum atomic E-state index is 0.115. The van der Waals surface area contributed by atoms with Gasteiger partial charge >= 0.3 is 0 Å². The molecule has 1 aliphatic carbocycles. The summed E-state index contributed by atoms with van der Waals surface area (Å²) in [6.45, 7) is 9.53. The second-order valence-corrected chi connectivity index (χ2v) is 7.86. The molecule has 2 fully saturated rings. The number of anilines is 1. The van der Waals surface area contributed by atoms with Crippen LogP contribution in [0.25, 0.3) is 0 Å². The summed E-state index contributed by atoms with van der Waals surface area (Å²) in [6, 6.07) is 8.37. The third-order valence-corrected chi connectivity index (χ3v) is 5.57. The van der Waals surface area contributed by atoms with E-state index in [0.717, 1.165) is 43.4 Å². The van der Waals surface area contributed by atoms with Gasteiger partial charge in [0.1, 0.15) is 5.75 Å². The smallest absolute Gasteiger partial charge is 0.196 e. The zero-order valence-electron chi connectivity index (χ0n) is 17.0. The van der Waals surface area contributed by atoms with Crippen molar-refractivity contribution in [1.29, 1.82) is 0 Å². The summed E-state index contributed by atoms with van der Waals surface area (Å²) in [7, 11) is 1.70. The van der Waals surface area contributed by atoms with E-state index in [9.17, 15) is 0 Å². The molecular formula is C21H33N3O3. The van der Waals surface area contributed by atoms with Crippen LogP contribution in [0.4, 0.5) is 5.69 Å². The van der Waals surface area contributed by atoms with Crippen molar-refractivity contribution in [2.45, 2.75) is 45.8 Å². The average molecular weight is 376 g/mol. The zero-order valence-corrected chi connectivity index (χ0v) is 17.0. The van der Waals surface area contributed by atoms with Crippen molar-refractivity contribution in [2.24, 2.45) is 16.3 Å². The van der Waals surface area contributed by atoms with Crippen LogP contribution in [0, 0.1) is 11.3 Å². The minimum absolute atomic E-state index is 0.115. The summed E-state index contributed by atoms with van der Waals surface area (Å²) in [4.78, 5) is 4.63. The van der Waals surface area contributed by atoms with E-state index >= 15 is 0 Å². The molecule has 0 aromatic heterocycles. The van der Waals surface area contributed by atoms with Gasteiger partial charge in [0.15, 0.2) is 5.96 Å². The summed E-state index contributed by atoms with van der Waals surface area (Å²) in [5.41, 5.74) is 1.08. The second-order valence-electron chi connectivity index (χ2n) is 7.86. The van der Waals surface area contributed by atoms with Crippen molar-refractivity contribution in [3.63, 3.8) is 0 Å². The highest BCUT2D eigenvalue weighted by molar-refractivity contribution is 5.94. The van der Waals surface area contributed by atoms with Gasteiger partial charge < -0.3 is 24.8 Å². The molecule has 3 rings (SSSR count). The number of aliphatic imine (C=N–C) groups is 1. The van der Waals surface area contributed by atoms with Crippen molar-refractivity contribution in [3.8, 4) is 5.75 Å². The number of fused-ring (bicyclic) bond motifs is 1. The van der Waals surface area contributed by atoms with Crippen LogP contribution in [0.1, 0.15) is 33.6 Å². The number of ether oxygens (including phenoxy) is 3. The molecule has 6 heteroatoms. The quantitative estimate of drug-likeness (QED) is 0.415. The van der Waals surface area contributed by atoms with E-state index in [1.807, 2.05) is 31.2 Å². The Morgan fingerprint density at radius 3 is 2.96 bits per heavy atom. The molecule has 3 unspecified atom stereocenters. The standard InChI is InChI=1S/C21H33N3O3/c1-5-22-20(24-18-17-10-13-27-19(17)21(18,2)3)23-15-8-6-9-16(14-15)26-12-7-11-25-4/h6,8-9,14,17-19H,5,7,10-13H2,1-4H3,(H2,22,23,24). The molecule has 1 aromatic rings. The molecule has 1 saturated carbocycles. The molecule has 1 aliphatic heterocycles. The van der Waals surface area contributed by atoms with Crippen molar-refractivity contribution in [3.05, 3.63) is 24.3 Å². The Hall–Kier alpha value is -1.79. The minimum Gasteiger partial charge on any atom is -0.493 e. The molecule has 0 spiro atoms. The van der Waals surface area contributed by atoms with Crippen LogP contribution in [0.5, 0.6) is 5.75 Å². The van der Waals surface area contributed by atoms with Crippen LogP contribution in [0.3, 0.4) is 0 Å². The highest BCUT2D eigenvalue weighted by Gasteiger charge is 2.59. The fraction of sp³-hybridized carbons (Fsp3) is 0.667. The van der Waals surface area contributed by atoms with Gasteiger partial charge in [0.05, 0.1) is 12.7 Å². The molecule has 1 saturated heterocycles. The Kier molecular flexibility index (Phi) is 6.60. The van der Waals surface area contributed by atoms with Gasteiger partial charge in [-0.2, -0.15) is 0 Å². The zero-order chi connectivity index (χ0) is 19.3. The fourth-order valence-corrected chi connectivity index (χ4v) is 4.24. The monoisotopic (exact) mass is 375 g/mol. The SMILES string of the molecule is CCN=C(Nc1cccc(OCCCOC)c1)NC1C2CCOC2C1(C)C. The van der Waals surface area contributed by atoms with Crippen molar-refractivity contribution >= 4 is 11.6 Å². The number of hydrogen-bond acceptors (Lipinski definition) is 4. The molecule has 6 nitrogen and oxygen atoms in total. The predicted octanol–water partition coefficient (Wildman–Crippen LogP) is 3.29. The Morgan fingerprint density at radius 2 is 2.19 bits per heavy atom. The first-order chi connectivity index (χ1) is 13.1. The Bertz CT molecular complexity index is 647. The van der Waals surface area contributed by atoms with Gasteiger partial charge in [-0.1, -0.05) is 19.9 Å². The Labute approximate surface area is 162 Å². The third kappa shape index (κ3) is 4.55. The van der Waals surface area contributed by atoms with Crippen LogP contribution in [0.2, 0.25) is 0 Å². The van der Waals surface area contributed by atoms with Gasteiger partial charge in [-0.3, -0.25) is 4.99 Å². The van der Waals surface area contributed by atoms with Gasteiger partial charge in [-0.25, -0.2) is 0 Å². The normalized spacial score (nSPS) is 26.2. The first-order valence-electron chi connectivity index (χ1n) is 9.97. The molecule has 150 valence electrons. The van der Waals surface area contributed by atoms with E-state index in [-0.39, 0.29) is 5.41 Å². The molecule has 0 amide bonds. The van der Waals surface area contributed by atoms with Crippen LogP contribution < -0.4 is 15.4 Å². The number of methoxy groups -OCH3 is 1. The van der Waals surface area contributed by atoms with E-state index in [1.54, 1.807) is 7.11 Å². The number of nitrogens with one attached hydrogen (secondary N) is 2. The number of nitrogens with zero attached hydrogens (tertiary/aromatic N) is 1. The van der Waals surface area contributed by atoms with Gasteiger partial charge in [-0.05, 0) is 25.5 Å². The Balaban J connectivity index is 1.61. The maximum atomic E-state index is 5.90. The third-order valence-electron chi connectivity index (χ3n) is 5.57. The Morgan fingerprint density at radius 1 is 1.33 bits per heavy atom. The predicted molar refractivity (Wildman–Crippen MR) is 109 cm³/mol. The molecular weight excluding hydrogens is 342 g/mol. The summed E-state index contributed by atoms with van der Waals surface area (Å²) < 4.78 is 16.8. The molecule has 3 atom stereocenters. The lowest BCUT2D eigenvalue weighted by Crippen LogP contribution is -2.67. The summed E-state index contributed by atoms with van der Waals surface area (Å²) in [6.07, 6.45) is 2.36. The molecule has 0 bridgehead atoms. The van der Waals surface area contributed by atoms with Gasteiger partial charge in [0.25, 0.3) is 0 Å². The van der Waals surface area contributed by atoms with Gasteiger partial charge in [0.2, 0.25) is 0 Å². The molecule has 2 N–H and O–H groups in total. The lowest BCUT2D eigenvalue weighted by Gasteiger charge is -2.54. The van der Waals surface area contributed by atoms with Crippen molar-refractivity contribution < 1.29 is 14.2 Å². The summed E-state index contributed by atoms with van der Waals surface area (Å²) in [5, 5.41) is 7.08. The van der Waals surface area contributed by atoms with Gasteiger partial charge in [0, 0.05) is 62.4 Å². The van der Waals surface area contributed by atoms with E-state index in [4.69, 9.17) is 14.2 Å². The van der Waals surface area contributed by atoms with Crippen LogP contribution in [-0.4, -0.2) is 51.6 Å². The largest absolute Gasteiger partial charge is 0.493 e.